The Hall–Kier alpha value is -4.62. The maximum Gasteiger partial charge on any atom is 0.0517 e. The fourth-order valence-electron chi connectivity index (χ4n) is 9.06. The molecule has 1 nitrogen and oxygen atoms in total. The van der Waals surface area contributed by atoms with E-state index in [2.05, 4.69) is 147 Å². The van der Waals surface area contributed by atoms with E-state index in [1.165, 1.54) is 103 Å². The highest BCUT2D eigenvalue weighted by Gasteiger charge is 2.57. The second-order valence-corrected chi connectivity index (χ2v) is 13.7. The Labute approximate surface area is 260 Å². The van der Waals surface area contributed by atoms with E-state index in [9.17, 15) is 0 Å². The molecular weight excluding hydrogens is 530 g/mol. The molecule has 9 rings (SSSR count). The van der Waals surface area contributed by atoms with Crippen LogP contribution in [-0.4, -0.2) is 5.54 Å². The highest BCUT2D eigenvalue weighted by atomic mass is 15.3. The summed E-state index contributed by atoms with van der Waals surface area (Å²) in [5.41, 5.74) is 11.0. The normalized spacial score (nSPS) is 21.3. The zero-order valence-electron chi connectivity index (χ0n) is 25.8. The molecule has 0 amide bonds. The van der Waals surface area contributed by atoms with Crippen molar-refractivity contribution in [1.82, 2.24) is 0 Å². The van der Waals surface area contributed by atoms with Crippen molar-refractivity contribution in [1.29, 1.82) is 0 Å². The van der Waals surface area contributed by atoms with Crippen LogP contribution in [0.15, 0.2) is 121 Å². The number of hydrogen-bond donors (Lipinski definition) is 0. The molecule has 7 aromatic carbocycles. The summed E-state index contributed by atoms with van der Waals surface area (Å²) in [5.74, 6) is 0. The Kier molecular flexibility index (Phi) is 5.40. The smallest absolute Gasteiger partial charge is 0.0517 e. The number of nitrogens with zero attached hydrogens (tertiary/aromatic N) is 1. The number of aryl methyl sites for hydroxylation is 1. The highest BCUT2D eigenvalue weighted by molar-refractivity contribution is 6.27. The second kappa shape index (κ2) is 9.19. The topological polar surface area (TPSA) is 3.24 Å². The van der Waals surface area contributed by atoms with E-state index < -0.39 is 0 Å². The van der Waals surface area contributed by atoms with E-state index in [0.29, 0.717) is 0 Å². The van der Waals surface area contributed by atoms with Gasteiger partial charge in [-0.1, -0.05) is 117 Å². The van der Waals surface area contributed by atoms with Crippen molar-refractivity contribution in [2.75, 3.05) is 4.90 Å². The highest BCUT2D eigenvalue weighted by Crippen LogP contribution is 2.61. The third-order valence-electron chi connectivity index (χ3n) is 11.5. The molecule has 2 aliphatic rings. The molecule has 1 aliphatic heterocycles. The summed E-state index contributed by atoms with van der Waals surface area (Å²) in [6, 6.07) is 45.7. The van der Waals surface area contributed by atoms with Gasteiger partial charge in [0.2, 0.25) is 0 Å². The molecule has 1 fully saturated rings. The fraction of sp³-hybridized carbons (Fsp3) is 0.209. The Morgan fingerprint density at radius 1 is 0.568 bits per heavy atom. The van der Waals surface area contributed by atoms with E-state index in [1.54, 1.807) is 0 Å². The monoisotopic (exact) mass is 567 g/mol. The predicted molar refractivity (Wildman–Crippen MR) is 189 cm³/mol. The first-order chi connectivity index (χ1) is 21.5. The van der Waals surface area contributed by atoms with E-state index in [1.807, 2.05) is 0 Å². The molecule has 44 heavy (non-hydrogen) atoms. The number of anilines is 2. The average Bonchev–Trinajstić information content (AvgIpc) is 3.26. The summed E-state index contributed by atoms with van der Waals surface area (Å²) >= 11 is 0. The summed E-state index contributed by atoms with van der Waals surface area (Å²) in [6.07, 6.45) is 5.02. The summed E-state index contributed by atoms with van der Waals surface area (Å²) in [6.45, 7) is 7.38. The minimum Gasteiger partial charge on any atom is -0.334 e. The Bertz CT molecular complexity index is 2210. The lowest BCUT2D eigenvalue weighted by Crippen LogP contribution is -2.54. The zero-order chi connectivity index (χ0) is 29.6. The molecule has 2 unspecified atom stereocenters. The molecule has 1 saturated carbocycles. The zero-order valence-corrected chi connectivity index (χ0v) is 25.8. The van der Waals surface area contributed by atoms with Crippen LogP contribution >= 0.6 is 0 Å². The van der Waals surface area contributed by atoms with Crippen molar-refractivity contribution in [3.8, 4) is 22.3 Å². The quantitative estimate of drug-likeness (QED) is 0.192. The minimum atomic E-state index is 0.0521. The van der Waals surface area contributed by atoms with Crippen molar-refractivity contribution in [2.24, 2.45) is 0 Å². The summed E-state index contributed by atoms with van der Waals surface area (Å²) in [5, 5.41) is 8.07. The van der Waals surface area contributed by atoms with Gasteiger partial charge in [0.15, 0.2) is 0 Å². The van der Waals surface area contributed by atoms with Crippen molar-refractivity contribution in [2.45, 2.75) is 57.4 Å². The molecule has 1 heterocycles. The number of benzene rings is 7. The molecule has 1 aliphatic carbocycles. The SMILES string of the molecule is Cc1cc2c(cc1-c1ccc3ccc4c(-c5ccccc5)ccc5ccc1c3c54)C1(C)CCCCC1(C)N2c1ccccc1. The van der Waals surface area contributed by atoms with Gasteiger partial charge in [0, 0.05) is 16.8 Å². The largest absolute Gasteiger partial charge is 0.334 e. The third-order valence-corrected chi connectivity index (χ3v) is 11.5. The van der Waals surface area contributed by atoms with Crippen LogP contribution in [0.4, 0.5) is 11.4 Å². The van der Waals surface area contributed by atoms with E-state index in [4.69, 9.17) is 0 Å². The van der Waals surface area contributed by atoms with E-state index >= 15 is 0 Å². The maximum atomic E-state index is 2.69. The molecule has 0 radical (unpaired) electrons. The van der Waals surface area contributed by atoms with E-state index in [-0.39, 0.29) is 11.0 Å². The lowest BCUT2D eigenvalue weighted by atomic mass is 9.61. The van der Waals surface area contributed by atoms with Gasteiger partial charge in [-0.3, -0.25) is 0 Å². The molecule has 0 saturated heterocycles. The first-order valence-corrected chi connectivity index (χ1v) is 16.2. The molecular formula is C43H37N. The number of fused-ring (bicyclic) bond motifs is 3. The molecule has 1 heteroatoms. The summed E-state index contributed by atoms with van der Waals surface area (Å²) in [4.78, 5) is 2.69. The molecule has 214 valence electrons. The van der Waals surface area contributed by atoms with Gasteiger partial charge in [0.25, 0.3) is 0 Å². The van der Waals surface area contributed by atoms with Crippen LogP contribution in [0, 0.1) is 6.92 Å². The summed E-state index contributed by atoms with van der Waals surface area (Å²) in [7, 11) is 0. The lowest BCUT2D eigenvalue weighted by molar-refractivity contribution is 0.195. The molecule has 0 spiro atoms. The molecule has 7 aromatic rings. The van der Waals surface area contributed by atoms with E-state index in [0.717, 1.165) is 0 Å². The van der Waals surface area contributed by atoms with Gasteiger partial charge in [-0.2, -0.15) is 0 Å². The molecule has 2 atom stereocenters. The van der Waals surface area contributed by atoms with Crippen LogP contribution in [-0.2, 0) is 5.41 Å². The average molecular weight is 568 g/mol. The van der Waals surface area contributed by atoms with Crippen molar-refractivity contribution >= 4 is 43.7 Å². The van der Waals surface area contributed by atoms with Gasteiger partial charge in [0.05, 0.1) is 5.54 Å². The molecule has 0 N–H and O–H groups in total. The third kappa shape index (κ3) is 3.36. The first kappa shape index (κ1) is 25.8. The van der Waals surface area contributed by atoms with Crippen molar-refractivity contribution in [3.63, 3.8) is 0 Å². The first-order valence-electron chi connectivity index (χ1n) is 16.2. The lowest BCUT2D eigenvalue weighted by Gasteiger charge is -2.50. The van der Waals surface area contributed by atoms with Crippen LogP contribution in [0.2, 0.25) is 0 Å². The standard InChI is InChI=1S/C43H37N/c1-28-26-39-38(42(2)24-10-11-25-43(42,3)44(39)32-14-8-5-9-15-32)27-37(28)34-21-17-31-18-22-35-33(29-12-6-4-7-13-29)20-16-30-19-23-36(34)41(31)40(30)35/h4-9,12-23,26-27H,10-11,24-25H2,1-3H3. The van der Waals surface area contributed by atoms with Crippen LogP contribution in [0.5, 0.6) is 0 Å². The van der Waals surface area contributed by atoms with Gasteiger partial charge in [0.1, 0.15) is 0 Å². The van der Waals surface area contributed by atoms with Crippen molar-refractivity contribution in [3.05, 3.63) is 132 Å². The maximum absolute atomic E-state index is 2.69. The Balaban J connectivity index is 1.30. The minimum absolute atomic E-state index is 0.0521. The van der Waals surface area contributed by atoms with Crippen LogP contribution < -0.4 is 4.90 Å². The predicted octanol–water partition coefficient (Wildman–Crippen LogP) is 12.0. The number of hydrogen-bond acceptors (Lipinski definition) is 1. The Morgan fingerprint density at radius 2 is 1.16 bits per heavy atom. The van der Waals surface area contributed by atoms with Gasteiger partial charge >= 0.3 is 0 Å². The van der Waals surface area contributed by atoms with Crippen LogP contribution in [0.1, 0.15) is 50.7 Å². The second-order valence-electron chi connectivity index (χ2n) is 13.7. The number of para-hydroxylation sites is 1. The van der Waals surface area contributed by atoms with Crippen LogP contribution in [0.25, 0.3) is 54.6 Å². The molecule has 0 aromatic heterocycles. The summed E-state index contributed by atoms with van der Waals surface area (Å²) < 4.78 is 0. The Morgan fingerprint density at radius 3 is 1.86 bits per heavy atom. The van der Waals surface area contributed by atoms with Crippen LogP contribution in [0.3, 0.4) is 0 Å². The molecule has 0 bridgehead atoms. The van der Waals surface area contributed by atoms with Gasteiger partial charge < -0.3 is 4.90 Å². The van der Waals surface area contributed by atoms with Gasteiger partial charge in [-0.05, 0) is 117 Å². The number of rotatable bonds is 3. The van der Waals surface area contributed by atoms with Crippen molar-refractivity contribution < 1.29 is 0 Å². The van der Waals surface area contributed by atoms with Gasteiger partial charge in [-0.25, -0.2) is 0 Å². The fourth-order valence-corrected chi connectivity index (χ4v) is 9.06. The van der Waals surface area contributed by atoms with Gasteiger partial charge in [-0.15, -0.1) is 0 Å².